The number of guanidine groups is 1. The Morgan fingerprint density at radius 3 is 2.52 bits per heavy atom. The molecule has 0 heterocycles. The number of nitrogens with zero attached hydrogens (tertiary/aromatic N) is 1. The molecule has 0 unspecified atom stereocenters. The Balaban J connectivity index is 0.00000312. The van der Waals surface area contributed by atoms with Gasteiger partial charge in [0.2, 0.25) is 0 Å². The van der Waals surface area contributed by atoms with Crippen LogP contribution in [0.3, 0.4) is 0 Å². The highest BCUT2D eigenvalue weighted by Crippen LogP contribution is 2.42. The number of benzene rings is 1. The van der Waals surface area contributed by atoms with Gasteiger partial charge in [0.1, 0.15) is 0 Å². The molecule has 0 aromatic heterocycles. The highest BCUT2D eigenvalue weighted by Gasteiger charge is 2.34. The van der Waals surface area contributed by atoms with Crippen molar-refractivity contribution in [1.29, 1.82) is 0 Å². The van der Waals surface area contributed by atoms with E-state index in [1.165, 1.54) is 25.7 Å². The molecule has 140 valence electrons. The molecule has 3 N–H and O–H groups in total. The molecular weight excluding hydrogens is 427 g/mol. The Hall–Kier alpha value is -1.31. The van der Waals surface area contributed by atoms with Gasteiger partial charge in [-0.3, -0.25) is 9.79 Å². The van der Waals surface area contributed by atoms with Crippen LogP contribution in [0.15, 0.2) is 29.3 Å². The Bertz CT molecular complexity index is 579. The largest absolute Gasteiger partial charge is 0.356 e. The summed E-state index contributed by atoms with van der Waals surface area (Å²) in [7, 11) is 1.79. The monoisotopic (exact) mass is 458 g/mol. The summed E-state index contributed by atoms with van der Waals surface area (Å²) in [6, 6.07) is 7.69. The average molecular weight is 458 g/mol. The van der Waals surface area contributed by atoms with Gasteiger partial charge in [-0.1, -0.05) is 25.5 Å². The SMILES string of the molecule is CCNC(=O)c1cccc(CNC(=NC)NCC2(CC)CCC2)c1.I. The minimum atomic E-state index is -0.0308. The quantitative estimate of drug-likeness (QED) is 0.334. The first-order valence-electron chi connectivity index (χ1n) is 8.94. The minimum Gasteiger partial charge on any atom is -0.356 e. The van der Waals surface area contributed by atoms with Crippen molar-refractivity contribution in [2.45, 2.75) is 46.1 Å². The van der Waals surface area contributed by atoms with Gasteiger partial charge >= 0.3 is 0 Å². The maximum absolute atomic E-state index is 11.9. The molecule has 1 aliphatic rings. The second kappa shape index (κ2) is 10.6. The van der Waals surface area contributed by atoms with Crippen LogP contribution in [0, 0.1) is 5.41 Å². The van der Waals surface area contributed by atoms with E-state index < -0.39 is 0 Å². The molecule has 0 aliphatic heterocycles. The third-order valence-electron chi connectivity index (χ3n) is 5.01. The molecule has 0 saturated heterocycles. The summed E-state index contributed by atoms with van der Waals surface area (Å²) in [5, 5.41) is 9.61. The third-order valence-corrected chi connectivity index (χ3v) is 5.01. The van der Waals surface area contributed by atoms with Gasteiger partial charge in [0.25, 0.3) is 5.91 Å². The smallest absolute Gasteiger partial charge is 0.251 e. The summed E-state index contributed by atoms with van der Waals surface area (Å²) in [6.45, 7) is 6.44. The zero-order valence-electron chi connectivity index (χ0n) is 15.5. The van der Waals surface area contributed by atoms with E-state index >= 15 is 0 Å². The van der Waals surface area contributed by atoms with Gasteiger partial charge in [-0.05, 0) is 49.3 Å². The molecule has 0 radical (unpaired) electrons. The van der Waals surface area contributed by atoms with Crippen LogP contribution in [0.4, 0.5) is 0 Å². The number of carbonyl (C=O) groups is 1. The second-order valence-corrected chi connectivity index (χ2v) is 6.55. The van der Waals surface area contributed by atoms with E-state index in [0.717, 1.165) is 18.1 Å². The van der Waals surface area contributed by atoms with Crippen molar-refractivity contribution in [1.82, 2.24) is 16.0 Å². The summed E-state index contributed by atoms with van der Waals surface area (Å²) >= 11 is 0. The number of hydrogen-bond donors (Lipinski definition) is 3. The van der Waals surface area contributed by atoms with Gasteiger partial charge in [0.15, 0.2) is 5.96 Å². The highest BCUT2D eigenvalue weighted by atomic mass is 127. The Morgan fingerprint density at radius 1 is 1.20 bits per heavy atom. The van der Waals surface area contributed by atoms with Gasteiger partial charge in [-0.15, -0.1) is 24.0 Å². The number of carbonyl (C=O) groups excluding carboxylic acids is 1. The number of hydrogen-bond acceptors (Lipinski definition) is 2. The number of rotatable bonds is 7. The van der Waals surface area contributed by atoms with E-state index in [9.17, 15) is 4.79 Å². The van der Waals surface area contributed by atoms with E-state index in [-0.39, 0.29) is 29.9 Å². The van der Waals surface area contributed by atoms with Gasteiger partial charge < -0.3 is 16.0 Å². The summed E-state index contributed by atoms with van der Waals surface area (Å²) in [6.07, 6.45) is 5.17. The Labute approximate surface area is 168 Å². The van der Waals surface area contributed by atoms with E-state index in [4.69, 9.17) is 0 Å². The van der Waals surface area contributed by atoms with Crippen LogP contribution in [0.5, 0.6) is 0 Å². The molecule has 1 fully saturated rings. The molecule has 6 heteroatoms. The van der Waals surface area contributed by atoms with Crippen LogP contribution >= 0.6 is 24.0 Å². The predicted octanol–water partition coefficient (Wildman–Crippen LogP) is 3.30. The molecule has 0 bridgehead atoms. The molecule has 1 aliphatic carbocycles. The summed E-state index contributed by atoms with van der Waals surface area (Å²) in [4.78, 5) is 16.2. The van der Waals surface area contributed by atoms with Crippen molar-refractivity contribution < 1.29 is 4.79 Å². The molecule has 2 rings (SSSR count). The highest BCUT2D eigenvalue weighted by molar-refractivity contribution is 14.0. The lowest BCUT2D eigenvalue weighted by molar-refractivity contribution is 0.0955. The first-order valence-corrected chi connectivity index (χ1v) is 8.94. The lowest BCUT2D eigenvalue weighted by Crippen LogP contribution is -2.46. The zero-order chi connectivity index (χ0) is 17.4. The molecular formula is C19H31IN4O. The zero-order valence-corrected chi connectivity index (χ0v) is 17.9. The molecule has 0 atom stereocenters. The molecule has 0 spiro atoms. The number of aliphatic imine (C=N–C) groups is 1. The topological polar surface area (TPSA) is 65.5 Å². The van der Waals surface area contributed by atoms with Gasteiger partial charge in [0, 0.05) is 32.2 Å². The number of nitrogens with one attached hydrogen (secondary N) is 3. The van der Waals surface area contributed by atoms with Crippen LogP contribution in [0.1, 0.15) is 55.5 Å². The van der Waals surface area contributed by atoms with Crippen molar-refractivity contribution in [2.24, 2.45) is 10.4 Å². The van der Waals surface area contributed by atoms with Gasteiger partial charge in [-0.2, -0.15) is 0 Å². The van der Waals surface area contributed by atoms with E-state index in [2.05, 4.69) is 27.9 Å². The Kier molecular flexibility index (Phi) is 9.24. The summed E-state index contributed by atoms with van der Waals surface area (Å²) in [5.74, 6) is 0.787. The summed E-state index contributed by atoms with van der Waals surface area (Å²) < 4.78 is 0. The van der Waals surface area contributed by atoms with E-state index in [0.29, 0.717) is 24.1 Å². The summed E-state index contributed by atoms with van der Waals surface area (Å²) in [5.41, 5.74) is 2.21. The fraction of sp³-hybridized carbons (Fsp3) is 0.579. The average Bonchev–Trinajstić information content (AvgIpc) is 2.57. The maximum atomic E-state index is 11.9. The van der Waals surface area contributed by atoms with E-state index in [1.54, 1.807) is 7.05 Å². The van der Waals surface area contributed by atoms with Crippen molar-refractivity contribution in [2.75, 3.05) is 20.1 Å². The number of halogens is 1. The first kappa shape index (κ1) is 21.7. The standard InChI is InChI=1S/C19H30N4O.HI/c1-4-19(10-7-11-19)14-23-18(20-3)22-13-15-8-6-9-16(12-15)17(24)21-5-2;/h6,8-9,12H,4-5,7,10-11,13-14H2,1-3H3,(H,21,24)(H2,20,22,23);1H. The minimum absolute atomic E-state index is 0. The molecule has 1 amide bonds. The molecule has 1 aromatic carbocycles. The predicted molar refractivity (Wildman–Crippen MR) is 115 cm³/mol. The number of amides is 1. The fourth-order valence-corrected chi connectivity index (χ4v) is 3.09. The second-order valence-electron chi connectivity index (χ2n) is 6.55. The molecule has 1 aromatic rings. The van der Waals surface area contributed by atoms with Crippen LogP contribution in [0.25, 0.3) is 0 Å². The lowest BCUT2D eigenvalue weighted by Gasteiger charge is -2.41. The van der Waals surface area contributed by atoms with E-state index in [1.807, 2.05) is 31.2 Å². The van der Waals surface area contributed by atoms with Crippen molar-refractivity contribution in [3.05, 3.63) is 35.4 Å². The lowest BCUT2D eigenvalue weighted by atomic mass is 9.67. The molecule has 1 saturated carbocycles. The fourth-order valence-electron chi connectivity index (χ4n) is 3.09. The molecule has 5 nitrogen and oxygen atoms in total. The van der Waals surface area contributed by atoms with Crippen molar-refractivity contribution >= 4 is 35.8 Å². The Morgan fingerprint density at radius 2 is 1.96 bits per heavy atom. The molecule has 25 heavy (non-hydrogen) atoms. The van der Waals surface area contributed by atoms with Crippen LogP contribution in [-0.2, 0) is 6.54 Å². The van der Waals surface area contributed by atoms with Crippen LogP contribution < -0.4 is 16.0 Å². The van der Waals surface area contributed by atoms with Crippen molar-refractivity contribution in [3.8, 4) is 0 Å². The van der Waals surface area contributed by atoms with Crippen molar-refractivity contribution in [3.63, 3.8) is 0 Å². The first-order chi connectivity index (χ1) is 11.6. The van der Waals surface area contributed by atoms with Crippen LogP contribution in [-0.4, -0.2) is 32.0 Å². The maximum Gasteiger partial charge on any atom is 0.251 e. The third kappa shape index (κ3) is 6.17. The van der Waals surface area contributed by atoms with Gasteiger partial charge in [-0.25, -0.2) is 0 Å². The van der Waals surface area contributed by atoms with Crippen LogP contribution in [0.2, 0.25) is 0 Å². The normalized spacial score (nSPS) is 15.6. The van der Waals surface area contributed by atoms with Gasteiger partial charge in [0.05, 0.1) is 0 Å².